The van der Waals surface area contributed by atoms with Gasteiger partial charge < -0.3 is 9.15 Å². The van der Waals surface area contributed by atoms with Gasteiger partial charge in [-0.25, -0.2) is 4.98 Å². The third kappa shape index (κ3) is 4.55. The SMILES string of the molecule is CCCCCOc1ccc(C2c3c(oc4ccc(Cl)cc4c3=O)C(=O)N2c2nc(C)c(C(C)=O)s2)cc1. The Labute approximate surface area is 222 Å². The van der Waals surface area contributed by atoms with Gasteiger partial charge in [-0.05, 0) is 49.2 Å². The Balaban J connectivity index is 1.64. The van der Waals surface area contributed by atoms with Crippen LogP contribution in [0.3, 0.4) is 0 Å². The van der Waals surface area contributed by atoms with Gasteiger partial charge in [0.1, 0.15) is 11.3 Å². The van der Waals surface area contributed by atoms with Crippen LogP contribution in [0.2, 0.25) is 5.02 Å². The van der Waals surface area contributed by atoms with Crippen LogP contribution in [-0.4, -0.2) is 23.3 Å². The number of aryl methyl sites for hydroxylation is 1. The molecule has 2 aromatic carbocycles. The van der Waals surface area contributed by atoms with Crippen molar-refractivity contribution in [3.8, 4) is 5.75 Å². The van der Waals surface area contributed by atoms with Crippen LogP contribution in [0.15, 0.2) is 51.7 Å². The van der Waals surface area contributed by atoms with Crippen LogP contribution in [0.1, 0.15) is 76.2 Å². The topological polar surface area (TPSA) is 89.7 Å². The Morgan fingerprint density at radius 1 is 1.16 bits per heavy atom. The number of amides is 1. The average Bonchev–Trinajstić information content (AvgIpc) is 3.40. The third-order valence-corrected chi connectivity index (χ3v) is 7.85. The summed E-state index contributed by atoms with van der Waals surface area (Å²) in [6, 6.07) is 11.3. The van der Waals surface area contributed by atoms with Gasteiger partial charge in [0.25, 0.3) is 5.91 Å². The van der Waals surface area contributed by atoms with Gasteiger partial charge in [0.2, 0.25) is 5.76 Å². The summed E-state index contributed by atoms with van der Waals surface area (Å²) >= 11 is 7.29. The van der Waals surface area contributed by atoms with Crippen molar-refractivity contribution in [2.75, 3.05) is 11.5 Å². The molecule has 1 aliphatic heterocycles. The molecule has 0 saturated heterocycles. The molecule has 5 rings (SSSR count). The van der Waals surface area contributed by atoms with Crippen molar-refractivity contribution in [1.82, 2.24) is 4.98 Å². The summed E-state index contributed by atoms with van der Waals surface area (Å²) in [5.74, 6) is 0.0398. The van der Waals surface area contributed by atoms with Gasteiger partial charge in [0, 0.05) is 11.9 Å². The Hall–Kier alpha value is -3.49. The number of rotatable bonds is 8. The Morgan fingerprint density at radius 3 is 2.59 bits per heavy atom. The van der Waals surface area contributed by atoms with E-state index in [2.05, 4.69) is 11.9 Å². The number of halogens is 1. The second-order valence-corrected chi connectivity index (χ2v) is 10.4. The highest BCUT2D eigenvalue weighted by molar-refractivity contribution is 7.17. The molecule has 0 N–H and O–H groups in total. The summed E-state index contributed by atoms with van der Waals surface area (Å²) < 4.78 is 11.8. The summed E-state index contributed by atoms with van der Waals surface area (Å²) in [5.41, 5.74) is 1.38. The van der Waals surface area contributed by atoms with E-state index >= 15 is 0 Å². The van der Waals surface area contributed by atoms with E-state index in [1.54, 1.807) is 25.1 Å². The first-order valence-corrected chi connectivity index (χ1v) is 13.3. The summed E-state index contributed by atoms with van der Waals surface area (Å²) in [6.07, 6.45) is 3.17. The number of unbranched alkanes of at least 4 members (excludes halogenated alkanes) is 2. The fourth-order valence-corrected chi connectivity index (χ4v) is 5.72. The second-order valence-electron chi connectivity index (χ2n) is 8.98. The molecule has 0 aliphatic carbocycles. The first kappa shape index (κ1) is 25.2. The lowest BCUT2D eigenvalue weighted by molar-refractivity contribution is 0.0969. The summed E-state index contributed by atoms with van der Waals surface area (Å²) in [5, 5.41) is 1.01. The zero-order valence-corrected chi connectivity index (χ0v) is 22.2. The number of hydrogen-bond donors (Lipinski definition) is 0. The molecule has 1 amide bonds. The van der Waals surface area contributed by atoms with Crippen LogP contribution < -0.4 is 15.1 Å². The van der Waals surface area contributed by atoms with Crippen LogP contribution in [0.4, 0.5) is 5.13 Å². The maximum Gasteiger partial charge on any atom is 0.297 e. The number of carbonyl (C=O) groups excluding carboxylic acids is 2. The number of benzene rings is 2. The van der Waals surface area contributed by atoms with Gasteiger partial charge in [-0.15, -0.1) is 0 Å². The van der Waals surface area contributed by atoms with Gasteiger partial charge >= 0.3 is 0 Å². The van der Waals surface area contributed by atoms with Crippen molar-refractivity contribution in [2.45, 2.75) is 46.1 Å². The molecule has 4 aromatic rings. The van der Waals surface area contributed by atoms with Gasteiger partial charge in [-0.2, -0.15) is 0 Å². The van der Waals surface area contributed by atoms with Gasteiger partial charge in [0.05, 0.1) is 34.2 Å². The molecule has 190 valence electrons. The lowest BCUT2D eigenvalue weighted by Crippen LogP contribution is -2.29. The maximum absolute atomic E-state index is 13.7. The molecule has 0 radical (unpaired) electrons. The van der Waals surface area contributed by atoms with E-state index in [1.807, 2.05) is 24.3 Å². The molecule has 0 saturated carbocycles. The first-order valence-electron chi connectivity index (χ1n) is 12.1. The molecule has 1 aliphatic rings. The molecule has 1 unspecified atom stereocenters. The zero-order chi connectivity index (χ0) is 26.3. The van der Waals surface area contributed by atoms with E-state index in [-0.39, 0.29) is 28.1 Å². The first-order chi connectivity index (χ1) is 17.8. The second kappa shape index (κ2) is 10.1. The Kier molecular flexibility index (Phi) is 6.88. The van der Waals surface area contributed by atoms with Crippen molar-refractivity contribution < 1.29 is 18.7 Å². The monoisotopic (exact) mass is 536 g/mol. The van der Waals surface area contributed by atoms with Crippen LogP contribution >= 0.6 is 22.9 Å². The molecule has 1 atom stereocenters. The molecule has 37 heavy (non-hydrogen) atoms. The van der Waals surface area contributed by atoms with Crippen molar-refractivity contribution in [1.29, 1.82) is 0 Å². The predicted octanol–water partition coefficient (Wildman–Crippen LogP) is 6.73. The molecule has 0 bridgehead atoms. The summed E-state index contributed by atoms with van der Waals surface area (Å²) in [4.78, 5) is 46.0. The Morgan fingerprint density at radius 2 is 1.92 bits per heavy atom. The van der Waals surface area contributed by atoms with E-state index in [0.717, 1.165) is 30.6 Å². The minimum atomic E-state index is -0.790. The van der Waals surface area contributed by atoms with Crippen LogP contribution in [0, 0.1) is 6.92 Å². The number of aromatic nitrogens is 1. The molecule has 9 heteroatoms. The molecule has 3 heterocycles. The zero-order valence-electron chi connectivity index (χ0n) is 20.7. The van der Waals surface area contributed by atoms with Crippen LogP contribution in [-0.2, 0) is 0 Å². The number of thiazole rings is 1. The minimum absolute atomic E-state index is 0.0399. The quantitative estimate of drug-likeness (QED) is 0.183. The van der Waals surface area contributed by atoms with Gasteiger partial charge in [-0.3, -0.25) is 19.3 Å². The van der Waals surface area contributed by atoms with Gasteiger partial charge in [0.15, 0.2) is 16.3 Å². The highest BCUT2D eigenvalue weighted by Crippen LogP contribution is 2.43. The minimum Gasteiger partial charge on any atom is -0.494 e. The maximum atomic E-state index is 13.7. The summed E-state index contributed by atoms with van der Waals surface area (Å²) in [6.45, 7) is 5.94. The van der Waals surface area contributed by atoms with Gasteiger partial charge in [-0.1, -0.05) is 54.8 Å². The van der Waals surface area contributed by atoms with Crippen molar-refractivity contribution in [3.05, 3.63) is 85.2 Å². The Bertz CT molecular complexity index is 1570. The number of nitrogens with zero attached hydrogens (tertiary/aromatic N) is 2. The smallest absolute Gasteiger partial charge is 0.297 e. The van der Waals surface area contributed by atoms with Crippen molar-refractivity contribution in [2.24, 2.45) is 0 Å². The highest BCUT2D eigenvalue weighted by atomic mass is 35.5. The van der Waals surface area contributed by atoms with E-state index in [0.29, 0.717) is 44.0 Å². The number of fused-ring (bicyclic) bond motifs is 2. The molecule has 7 nitrogen and oxygen atoms in total. The molecule has 0 spiro atoms. The molecule has 0 fully saturated rings. The normalized spacial score (nSPS) is 14.9. The van der Waals surface area contributed by atoms with Crippen molar-refractivity contribution >= 4 is 50.7 Å². The van der Waals surface area contributed by atoms with Crippen molar-refractivity contribution in [3.63, 3.8) is 0 Å². The lowest BCUT2D eigenvalue weighted by Gasteiger charge is -2.22. The fraction of sp³-hybridized carbons (Fsp3) is 0.286. The number of anilines is 1. The molecular weight excluding hydrogens is 512 g/mol. The molecule has 2 aromatic heterocycles. The fourth-order valence-electron chi connectivity index (χ4n) is 4.56. The number of ketones is 1. The molecular formula is C28H25ClN2O5S. The number of carbonyl (C=O) groups is 2. The number of Topliss-reactive ketones (excluding diaryl/α,β-unsaturated/α-hetero) is 1. The van der Waals surface area contributed by atoms with Crippen LogP contribution in [0.25, 0.3) is 11.0 Å². The van der Waals surface area contributed by atoms with E-state index in [4.69, 9.17) is 20.8 Å². The van der Waals surface area contributed by atoms with Crippen LogP contribution in [0.5, 0.6) is 5.75 Å². The van der Waals surface area contributed by atoms with E-state index < -0.39 is 11.9 Å². The lowest BCUT2D eigenvalue weighted by atomic mass is 9.98. The van der Waals surface area contributed by atoms with E-state index in [9.17, 15) is 14.4 Å². The third-order valence-electron chi connectivity index (χ3n) is 6.36. The highest BCUT2D eigenvalue weighted by Gasteiger charge is 2.45. The predicted molar refractivity (Wildman–Crippen MR) is 144 cm³/mol. The largest absolute Gasteiger partial charge is 0.494 e. The standard InChI is InChI=1S/C28H25ClN2O5S/c1-4-5-6-13-35-19-10-7-17(8-11-19)23-22-24(33)20-14-18(29)9-12-21(20)36-25(22)27(34)31(23)28-30-15(2)26(37-28)16(3)32/h7-12,14,23H,4-6,13H2,1-3H3. The average molecular weight is 537 g/mol. The number of hydrogen-bond acceptors (Lipinski definition) is 7. The number of ether oxygens (including phenoxy) is 1. The summed E-state index contributed by atoms with van der Waals surface area (Å²) in [7, 11) is 0. The van der Waals surface area contributed by atoms with E-state index in [1.165, 1.54) is 11.8 Å².